The fourth-order valence-electron chi connectivity index (χ4n) is 6.69. The van der Waals surface area contributed by atoms with Crippen molar-refractivity contribution in [1.29, 1.82) is 0 Å². The number of urea groups is 1. The molecule has 3 N–H and O–H groups in total. The summed E-state index contributed by atoms with van der Waals surface area (Å²) in [5.74, 6) is 0.0520. The van der Waals surface area contributed by atoms with Crippen LogP contribution < -0.4 is 15.5 Å². The zero-order valence-electron chi connectivity index (χ0n) is 28.5. The van der Waals surface area contributed by atoms with Gasteiger partial charge in [0.25, 0.3) is 5.69 Å². The lowest BCUT2D eigenvalue weighted by molar-refractivity contribution is -0.384. The summed E-state index contributed by atoms with van der Waals surface area (Å²) in [5.41, 5.74) is 6.95. The fraction of sp³-hybridized carbons (Fsp3) is 0.359. The monoisotopic (exact) mass is 679 g/mol. The number of carbonyl (C=O) groups is 1. The number of hydrogen-bond acceptors (Lipinski definition) is 8. The standard InChI is InChI=1S/C39H45N5O6/c1-3-40-39(46)41-24-29-6-4-7-31(22-29)32-8-5-9-33(23-32)38-49-36(27(2)37(50-38)30-12-10-28(26-45)11-13-30)25-42-18-20-43(21-19-42)34-14-16-35(17-15-34)44(47)48/h4-17,22-23,27,36-38,45H,3,18-21,24-26H2,1-2H3,(H2,40,41,46). The first kappa shape index (κ1) is 35.0. The molecule has 6 rings (SSSR count). The van der Waals surface area contributed by atoms with Gasteiger partial charge >= 0.3 is 6.03 Å². The number of aliphatic hydroxyl groups is 1. The molecule has 4 unspecified atom stereocenters. The highest BCUT2D eigenvalue weighted by Crippen LogP contribution is 2.42. The molecule has 2 saturated heterocycles. The van der Waals surface area contributed by atoms with Crippen LogP contribution in [0.3, 0.4) is 0 Å². The van der Waals surface area contributed by atoms with E-state index in [4.69, 9.17) is 9.47 Å². The number of benzene rings is 4. The Morgan fingerprint density at radius 3 is 2.24 bits per heavy atom. The summed E-state index contributed by atoms with van der Waals surface area (Å²) >= 11 is 0. The zero-order valence-corrected chi connectivity index (χ0v) is 28.5. The Labute approximate surface area is 293 Å². The summed E-state index contributed by atoms with van der Waals surface area (Å²) in [6.45, 7) is 9.07. The van der Waals surface area contributed by atoms with E-state index in [-0.39, 0.29) is 41.4 Å². The molecule has 4 aromatic rings. The fourth-order valence-corrected chi connectivity index (χ4v) is 6.69. The predicted molar refractivity (Wildman–Crippen MR) is 193 cm³/mol. The van der Waals surface area contributed by atoms with Crippen molar-refractivity contribution < 1.29 is 24.3 Å². The van der Waals surface area contributed by atoms with Crippen molar-refractivity contribution >= 4 is 17.4 Å². The minimum absolute atomic E-state index is 0.0163. The van der Waals surface area contributed by atoms with Crippen LogP contribution in [-0.2, 0) is 22.6 Å². The largest absolute Gasteiger partial charge is 0.392 e. The molecular weight excluding hydrogens is 634 g/mol. The number of nitrogens with one attached hydrogen (secondary N) is 2. The maximum atomic E-state index is 11.9. The third-order valence-corrected chi connectivity index (χ3v) is 9.57. The second-order valence-electron chi connectivity index (χ2n) is 12.9. The molecule has 2 aliphatic rings. The van der Waals surface area contributed by atoms with Gasteiger partial charge in [-0.3, -0.25) is 15.0 Å². The molecule has 2 fully saturated rings. The van der Waals surface area contributed by atoms with E-state index in [9.17, 15) is 20.0 Å². The lowest BCUT2D eigenvalue weighted by atomic mass is 9.89. The molecule has 262 valence electrons. The molecule has 11 heteroatoms. The summed E-state index contributed by atoms with van der Waals surface area (Å²) < 4.78 is 13.6. The van der Waals surface area contributed by atoms with Crippen LogP contribution in [0.2, 0.25) is 0 Å². The number of nitro benzene ring substituents is 1. The van der Waals surface area contributed by atoms with Gasteiger partial charge in [0.05, 0.1) is 23.7 Å². The second-order valence-corrected chi connectivity index (χ2v) is 12.9. The van der Waals surface area contributed by atoms with Gasteiger partial charge in [-0.1, -0.05) is 67.6 Å². The van der Waals surface area contributed by atoms with Gasteiger partial charge in [-0.15, -0.1) is 0 Å². The van der Waals surface area contributed by atoms with Gasteiger partial charge in [0.15, 0.2) is 6.29 Å². The Balaban J connectivity index is 1.19. The molecule has 0 aromatic heterocycles. The molecular formula is C39H45N5O6. The summed E-state index contributed by atoms with van der Waals surface area (Å²) in [4.78, 5) is 27.4. The number of nitro groups is 1. The van der Waals surface area contributed by atoms with Crippen LogP contribution >= 0.6 is 0 Å². The highest BCUT2D eigenvalue weighted by atomic mass is 16.7. The van der Waals surface area contributed by atoms with Crippen LogP contribution in [0.15, 0.2) is 97.1 Å². The number of carbonyl (C=O) groups excluding carboxylic acids is 1. The molecule has 50 heavy (non-hydrogen) atoms. The van der Waals surface area contributed by atoms with E-state index in [0.29, 0.717) is 13.1 Å². The summed E-state index contributed by atoms with van der Waals surface area (Å²) in [7, 11) is 0. The van der Waals surface area contributed by atoms with E-state index in [1.165, 1.54) is 0 Å². The normalized spacial score (nSPS) is 21.1. The van der Waals surface area contributed by atoms with Crippen molar-refractivity contribution in [3.05, 3.63) is 129 Å². The van der Waals surface area contributed by atoms with Gasteiger partial charge < -0.3 is 30.1 Å². The maximum Gasteiger partial charge on any atom is 0.315 e. The van der Waals surface area contributed by atoms with Gasteiger partial charge in [-0.2, -0.15) is 0 Å². The summed E-state index contributed by atoms with van der Waals surface area (Å²) in [6.07, 6.45) is -0.933. The molecule has 0 radical (unpaired) electrons. The SMILES string of the molecule is CCNC(=O)NCc1cccc(-c2cccc(C3OC(CN4CCN(c5ccc([N+](=O)[O-])cc5)CC4)C(C)C(c4ccc(CO)cc4)O3)c2)c1. The number of rotatable bonds is 11. The molecule has 0 saturated carbocycles. The van der Waals surface area contributed by atoms with Crippen LogP contribution in [-0.4, -0.2) is 66.3 Å². The van der Waals surface area contributed by atoms with Gasteiger partial charge in [0, 0.05) is 75.1 Å². The number of aliphatic hydroxyl groups excluding tert-OH is 1. The van der Waals surface area contributed by atoms with Crippen LogP contribution in [0.1, 0.15) is 48.5 Å². The Bertz CT molecular complexity index is 1740. The minimum atomic E-state index is -0.595. The predicted octanol–water partition coefficient (Wildman–Crippen LogP) is 6.19. The van der Waals surface area contributed by atoms with Crippen molar-refractivity contribution in [1.82, 2.24) is 15.5 Å². The molecule has 0 aliphatic carbocycles. The van der Waals surface area contributed by atoms with Crippen molar-refractivity contribution in [2.24, 2.45) is 5.92 Å². The first-order chi connectivity index (χ1) is 24.3. The van der Waals surface area contributed by atoms with Crippen molar-refractivity contribution in [2.75, 3.05) is 44.2 Å². The van der Waals surface area contributed by atoms with Crippen LogP contribution in [0.5, 0.6) is 0 Å². The average Bonchev–Trinajstić information content (AvgIpc) is 3.15. The topological polar surface area (TPSA) is 129 Å². The van der Waals surface area contributed by atoms with Crippen molar-refractivity contribution in [3.8, 4) is 11.1 Å². The lowest BCUT2D eigenvalue weighted by Gasteiger charge is -2.44. The Morgan fingerprint density at radius 1 is 0.860 bits per heavy atom. The highest BCUT2D eigenvalue weighted by Gasteiger charge is 2.39. The number of hydrogen-bond donors (Lipinski definition) is 3. The van der Waals surface area contributed by atoms with E-state index in [1.807, 2.05) is 67.6 Å². The average molecular weight is 680 g/mol. The van der Waals surface area contributed by atoms with Gasteiger partial charge in [0.2, 0.25) is 0 Å². The molecule has 4 aromatic carbocycles. The van der Waals surface area contributed by atoms with E-state index < -0.39 is 6.29 Å². The van der Waals surface area contributed by atoms with Gasteiger partial charge in [0.1, 0.15) is 0 Å². The maximum absolute atomic E-state index is 11.9. The number of anilines is 1. The zero-order chi connectivity index (χ0) is 35.0. The molecule has 4 atom stereocenters. The highest BCUT2D eigenvalue weighted by molar-refractivity contribution is 5.74. The first-order valence-electron chi connectivity index (χ1n) is 17.2. The first-order valence-corrected chi connectivity index (χ1v) is 17.2. The molecule has 0 spiro atoms. The van der Waals surface area contributed by atoms with Crippen LogP contribution in [0, 0.1) is 16.0 Å². The van der Waals surface area contributed by atoms with E-state index >= 15 is 0 Å². The van der Waals surface area contributed by atoms with Crippen molar-refractivity contribution in [2.45, 2.75) is 45.5 Å². The third kappa shape index (κ3) is 8.48. The molecule has 11 nitrogen and oxygen atoms in total. The van der Waals surface area contributed by atoms with Crippen LogP contribution in [0.25, 0.3) is 11.1 Å². The van der Waals surface area contributed by atoms with Gasteiger partial charge in [-0.05, 0) is 59.0 Å². The third-order valence-electron chi connectivity index (χ3n) is 9.57. The number of nitrogens with zero attached hydrogens (tertiary/aromatic N) is 3. The van der Waals surface area contributed by atoms with E-state index in [2.05, 4.69) is 51.6 Å². The summed E-state index contributed by atoms with van der Waals surface area (Å²) in [5, 5.41) is 26.4. The Hall–Kier alpha value is -4.81. The molecule has 2 aliphatic heterocycles. The smallest absolute Gasteiger partial charge is 0.315 e. The van der Waals surface area contributed by atoms with E-state index in [0.717, 1.165) is 71.8 Å². The number of piperazine rings is 1. The molecule has 2 heterocycles. The van der Waals surface area contributed by atoms with Gasteiger partial charge in [-0.25, -0.2) is 4.79 Å². The number of ether oxygens (including phenoxy) is 2. The van der Waals surface area contributed by atoms with Crippen molar-refractivity contribution in [3.63, 3.8) is 0 Å². The number of non-ortho nitro benzene ring substituents is 1. The Kier molecular flexibility index (Phi) is 11.4. The van der Waals surface area contributed by atoms with Crippen LogP contribution in [0.4, 0.5) is 16.2 Å². The molecule has 2 amide bonds. The summed E-state index contributed by atoms with van der Waals surface area (Å²) in [6, 6.07) is 30.9. The molecule has 0 bridgehead atoms. The Morgan fingerprint density at radius 2 is 1.56 bits per heavy atom. The lowest BCUT2D eigenvalue weighted by Crippen LogP contribution is -2.51. The quantitative estimate of drug-likeness (QED) is 0.127. The minimum Gasteiger partial charge on any atom is -0.392 e. The number of amides is 2. The second kappa shape index (κ2) is 16.3. The van der Waals surface area contributed by atoms with E-state index in [1.54, 1.807) is 12.1 Å².